The second-order valence-corrected chi connectivity index (χ2v) is 4.74. The number of benzene rings is 1. The van der Waals surface area contributed by atoms with Gasteiger partial charge in [-0.2, -0.15) is 0 Å². The average Bonchev–Trinajstić information content (AvgIpc) is 2.30. The molecular weight excluding hydrogens is 223 g/mol. The van der Waals surface area contributed by atoms with Crippen LogP contribution in [0.5, 0.6) is 0 Å². The molecule has 1 rings (SSSR count). The van der Waals surface area contributed by atoms with Crippen molar-refractivity contribution in [2.45, 2.75) is 46.0 Å². The highest BCUT2D eigenvalue weighted by Crippen LogP contribution is 2.24. The summed E-state index contributed by atoms with van der Waals surface area (Å²) in [7, 11) is 0. The molecule has 0 unspecified atom stereocenters. The number of rotatable bonds is 6. The maximum Gasteiger partial charge on any atom is 0.144 e. The van der Waals surface area contributed by atoms with Gasteiger partial charge in [0.1, 0.15) is 5.82 Å². The molecule has 0 fully saturated rings. The molecule has 0 bridgehead atoms. The molecule has 0 heterocycles. The molecule has 90 valence electrons. The van der Waals surface area contributed by atoms with Crippen molar-refractivity contribution in [3.63, 3.8) is 0 Å². The van der Waals surface area contributed by atoms with Crippen molar-refractivity contribution in [1.82, 2.24) is 0 Å². The molecule has 0 saturated carbocycles. The van der Waals surface area contributed by atoms with Gasteiger partial charge in [-0.3, -0.25) is 0 Å². The highest BCUT2D eigenvalue weighted by Gasteiger charge is 2.12. The van der Waals surface area contributed by atoms with Crippen molar-refractivity contribution >= 4 is 11.6 Å². The molecular formula is C14H20ClF. The van der Waals surface area contributed by atoms with E-state index in [0.717, 1.165) is 18.4 Å². The van der Waals surface area contributed by atoms with Crippen molar-refractivity contribution in [1.29, 1.82) is 0 Å². The van der Waals surface area contributed by atoms with Gasteiger partial charge in [0.05, 0.1) is 5.02 Å². The van der Waals surface area contributed by atoms with Crippen LogP contribution in [-0.4, -0.2) is 0 Å². The van der Waals surface area contributed by atoms with E-state index in [4.69, 9.17) is 11.6 Å². The molecule has 0 aliphatic carbocycles. The fraction of sp³-hybridized carbons (Fsp3) is 0.571. The summed E-state index contributed by atoms with van der Waals surface area (Å²) in [5.41, 5.74) is 0.760. The number of hydrogen-bond donors (Lipinski definition) is 0. The van der Waals surface area contributed by atoms with Crippen molar-refractivity contribution in [3.05, 3.63) is 34.6 Å². The Kier molecular flexibility index (Phi) is 5.83. The maximum absolute atomic E-state index is 13.7. The molecule has 0 amide bonds. The van der Waals surface area contributed by atoms with Crippen molar-refractivity contribution < 1.29 is 4.39 Å². The number of unbranched alkanes of at least 4 members (excludes halogenated alkanes) is 1. The van der Waals surface area contributed by atoms with Crippen LogP contribution in [-0.2, 0) is 6.42 Å². The Morgan fingerprint density at radius 3 is 2.69 bits per heavy atom. The molecule has 16 heavy (non-hydrogen) atoms. The van der Waals surface area contributed by atoms with E-state index in [0.29, 0.717) is 5.92 Å². The zero-order valence-corrected chi connectivity index (χ0v) is 10.9. The van der Waals surface area contributed by atoms with Gasteiger partial charge in [0.15, 0.2) is 0 Å². The Morgan fingerprint density at radius 2 is 2.06 bits per heavy atom. The Hall–Kier alpha value is -0.560. The second kappa shape index (κ2) is 6.90. The summed E-state index contributed by atoms with van der Waals surface area (Å²) in [6.07, 6.45) is 5.52. The standard InChI is InChI=1S/C14H20ClF/c1-3-5-7-11(4-2)10-12-8-6-9-13(15)14(12)16/h6,8-9,11H,3-5,7,10H2,1-2H3/t11-/m0/s1. The van der Waals surface area contributed by atoms with Crippen LogP contribution in [0.3, 0.4) is 0 Å². The third-order valence-electron chi connectivity index (χ3n) is 3.08. The molecule has 0 nitrogen and oxygen atoms in total. The van der Waals surface area contributed by atoms with Crippen LogP contribution in [0.1, 0.15) is 45.1 Å². The Balaban J connectivity index is 2.66. The summed E-state index contributed by atoms with van der Waals surface area (Å²) in [6, 6.07) is 5.27. The van der Waals surface area contributed by atoms with E-state index in [9.17, 15) is 4.39 Å². The molecule has 1 aromatic carbocycles. The first-order chi connectivity index (χ1) is 7.69. The summed E-state index contributed by atoms with van der Waals surface area (Å²) < 4.78 is 13.7. The predicted molar refractivity (Wildman–Crippen MR) is 68.4 cm³/mol. The third kappa shape index (κ3) is 3.79. The molecule has 2 heteroatoms. The lowest BCUT2D eigenvalue weighted by Gasteiger charge is -2.15. The van der Waals surface area contributed by atoms with Gasteiger partial charge in [-0.1, -0.05) is 63.3 Å². The summed E-state index contributed by atoms with van der Waals surface area (Å²) in [5, 5.41) is 0.239. The fourth-order valence-corrected chi connectivity index (χ4v) is 2.15. The van der Waals surface area contributed by atoms with Gasteiger partial charge in [0.25, 0.3) is 0 Å². The van der Waals surface area contributed by atoms with Gasteiger partial charge in [0.2, 0.25) is 0 Å². The van der Waals surface area contributed by atoms with Crippen LogP contribution in [0, 0.1) is 11.7 Å². The van der Waals surface area contributed by atoms with Crippen LogP contribution in [0.25, 0.3) is 0 Å². The minimum Gasteiger partial charge on any atom is -0.205 e. The zero-order valence-electron chi connectivity index (χ0n) is 10.1. The van der Waals surface area contributed by atoms with Crippen LogP contribution in [0.15, 0.2) is 18.2 Å². The molecule has 0 saturated heterocycles. The topological polar surface area (TPSA) is 0 Å². The van der Waals surface area contributed by atoms with Crippen LogP contribution in [0.2, 0.25) is 5.02 Å². The monoisotopic (exact) mass is 242 g/mol. The van der Waals surface area contributed by atoms with Gasteiger partial charge in [-0.15, -0.1) is 0 Å². The molecule has 1 aromatic rings. The largest absolute Gasteiger partial charge is 0.205 e. The second-order valence-electron chi connectivity index (χ2n) is 4.33. The molecule has 0 aliphatic rings. The van der Waals surface area contributed by atoms with Crippen LogP contribution < -0.4 is 0 Å². The molecule has 0 aliphatic heterocycles. The highest BCUT2D eigenvalue weighted by molar-refractivity contribution is 6.30. The first-order valence-electron chi connectivity index (χ1n) is 6.11. The normalized spacial score (nSPS) is 12.8. The smallest absolute Gasteiger partial charge is 0.144 e. The van der Waals surface area contributed by atoms with Gasteiger partial charge in [-0.25, -0.2) is 4.39 Å². The van der Waals surface area contributed by atoms with E-state index in [1.54, 1.807) is 6.07 Å². The first kappa shape index (κ1) is 13.5. The zero-order chi connectivity index (χ0) is 12.0. The lowest BCUT2D eigenvalue weighted by molar-refractivity contribution is 0.440. The average molecular weight is 243 g/mol. The van der Waals surface area contributed by atoms with Crippen LogP contribution in [0.4, 0.5) is 4.39 Å². The van der Waals surface area contributed by atoms with E-state index >= 15 is 0 Å². The highest BCUT2D eigenvalue weighted by atomic mass is 35.5. The Morgan fingerprint density at radius 1 is 1.31 bits per heavy atom. The minimum atomic E-state index is -0.237. The minimum absolute atomic E-state index is 0.237. The van der Waals surface area contributed by atoms with Crippen molar-refractivity contribution in [3.8, 4) is 0 Å². The van der Waals surface area contributed by atoms with Gasteiger partial charge in [0, 0.05) is 0 Å². The van der Waals surface area contributed by atoms with E-state index in [-0.39, 0.29) is 10.8 Å². The molecule has 0 radical (unpaired) electrons. The predicted octanol–water partition coefficient (Wildman–Crippen LogP) is 5.24. The summed E-state index contributed by atoms with van der Waals surface area (Å²) >= 11 is 5.77. The van der Waals surface area contributed by atoms with E-state index < -0.39 is 0 Å². The van der Waals surface area contributed by atoms with E-state index in [1.807, 2.05) is 12.1 Å². The summed E-state index contributed by atoms with van der Waals surface area (Å²) in [4.78, 5) is 0. The van der Waals surface area contributed by atoms with Crippen LogP contribution >= 0.6 is 11.6 Å². The lowest BCUT2D eigenvalue weighted by Crippen LogP contribution is -2.05. The maximum atomic E-state index is 13.7. The lowest BCUT2D eigenvalue weighted by atomic mass is 9.92. The Bertz CT molecular complexity index is 323. The van der Waals surface area contributed by atoms with E-state index in [2.05, 4.69) is 13.8 Å². The van der Waals surface area contributed by atoms with Gasteiger partial charge >= 0.3 is 0 Å². The number of hydrogen-bond acceptors (Lipinski definition) is 0. The van der Waals surface area contributed by atoms with Crippen molar-refractivity contribution in [2.75, 3.05) is 0 Å². The SMILES string of the molecule is CCCC[C@H](CC)Cc1cccc(Cl)c1F. The number of halogens is 2. The fourth-order valence-electron chi connectivity index (χ4n) is 1.96. The van der Waals surface area contributed by atoms with Crippen molar-refractivity contribution in [2.24, 2.45) is 5.92 Å². The van der Waals surface area contributed by atoms with Gasteiger partial charge in [-0.05, 0) is 24.0 Å². The molecule has 0 N–H and O–H groups in total. The van der Waals surface area contributed by atoms with Gasteiger partial charge < -0.3 is 0 Å². The van der Waals surface area contributed by atoms with E-state index in [1.165, 1.54) is 19.3 Å². The summed E-state index contributed by atoms with van der Waals surface area (Å²) in [5.74, 6) is 0.340. The summed E-state index contributed by atoms with van der Waals surface area (Å²) in [6.45, 7) is 4.36. The molecule has 0 spiro atoms. The molecule has 1 atom stereocenters. The Labute approximate surface area is 103 Å². The molecule has 0 aromatic heterocycles. The first-order valence-corrected chi connectivity index (χ1v) is 6.49. The quantitative estimate of drug-likeness (QED) is 0.640. The third-order valence-corrected chi connectivity index (χ3v) is 3.38.